The number of hydrogen-bond acceptors (Lipinski definition) is 10. The third-order valence-electron chi connectivity index (χ3n) is 7.83. The third-order valence-corrected chi connectivity index (χ3v) is 9.06. The van der Waals surface area contributed by atoms with Crippen molar-refractivity contribution in [3.63, 3.8) is 0 Å². The molecule has 0 fully saturated rings. The molecule has 6 rings (SSSR count). The maximum absolute atomic E-state index is 14.6. The molecule has 0 aliphatic carbocycles. The number of fused-ring (bicyclic) bond motifs is 2. The van der Waals surface area contributed by atoms with Crippen LogP contribution in [0.2, 0.25) is 0 Å². The molecule has 2 unspecified atom stereocenters. The summed E-state index contributed by atoms with van der Waals surface area (Å²) in [6, 6.07) is 9.30. The number of alkyl halides is 6. The minimum absolute atomic E-state index is 0.0294. The molecule has 2 amide bonds. The Morgan fingerprint density at radius 1 is 0.661 bits per heavy atom. The van der Waals surface area contributed by atoms with Gasteiger partial charge in [0.1, 0.15) is 34.6 Å². The van der Waals surface area contributed by atoms with Gasteiger partial charge in [-0.3, -0.25) is 29.8 Å². The molecule has 0 radical (unpaired) electrons. The first-order valence-electron chi connectivity index (χ1n) is 15.2. The molecule has 4 aromatic carbocycles. The van der Waals surface area contributed by atoms with Gasteiger partial charge in [0.05, 0.1) is 42.5 Å². The van der Waals surface area contributed by atoms with E-state index in [1.54, 1.807) is 0 Å². The fourth-order valence-corrected chi connectivity index (χ4v) is 6.62. The van der Waals surface area contributed by atoms with Gasteiger partial charge < -0.3 is 29.2 Å². The standard InChI is InChI=1S/C32H18Br2F6N8O8/c33-17-11-15(7-9-23(17)55-31(35,36)37)43-29(49)27(45-13-41-19-3-1-5-21(25(19)45)47(51)52)28(46-14-42-20-4-2-6-22(26(20)46)48(53)54)30(50)44-16-8-10-24(18(34)12-16)56-32(38,39)40/h1-14,27-28H,(H,43,49)(H,44,50). The van der Waals surface area contributed by atoms with Crippen LogP contribution >= 0.6 is 31.9 Å². The van der Waals surface area contributed by atoms with Crippen LogP contribution in [0, 0.1) is 20.2 Å². The van der Waals surface area contributed by atoms with Crippen LogP contribution in [-0.4, -0.2) is 53.5 Å². The number of hydrogen-bond donors (Lipinski definition) is 2. The summed E-state index contributed by atoms with van der Waals surface area (Å²) in [6.45, 7) is 0. The topological polar surface area (TPSA) is 199 Å². The van der Waals surface area contributed by atoms with Crippen molar-refractivity contribution in [3.05, 3.63) is 115 Å². The number of halogens is 8. The van der Waals surface area contributed by atoms with Crippen LogP contribution < -0.4 is 20.1 Å². The summed E-state index contributed by atoms with van der Waals surface area (Å²) in [5.41, 5.74) is -2.16. The Bertz CT molecular complexity index is 2370. The van der Waals surface area contributed by atoms with Crippen molar-refractivity contribution in [2.24, 2.45) is 0 Å². The fraction of sp³-hybridized carbons (Fsp3) is 0.125. The number of nitrogens with zero attached hydrogens (tertiary/aromatic N) is 6. The van der Waals surface area contributed by atoms with E-state index < -0.39 is 69.3 Å². The van der Waals surface area contributed by atoms with Crippen molar-refractivity contribution in [2.75, 3.05) is 10.6 Å². The number of carbonyl (C=O) groups is 2. The summed E-state index contributed by atoms with van der Waals surface area (Å²) in [6.07, 6.45) is -8.17. The van der Waals surface area contributed by atoms with Crippen molar-refractivity contribution in [2.45, 2.75) is 24.8 Å². The second kappa shape index (κ2) is 15.1. The first-order valence-corrected chi connectivity index (χ1v) is 16.8. The van der Waals surface area contributed by atoms with Crippen LogP contribution in [0.3, 0.4) is 0 Å². The molecule has 2 heterocycles. The quantitative estimate of drug-likeness (QED) is 0.0721. The van der Waals surface area contributed by atoms with Gasteiger partial charge in [-0.05, 0) is 80.4 Å². The van der Waals surface area contributed by atoms with Gasteiger partial charge in [0.15, 0.2) is 0 Å². The van der Waals surface area contributed by atoms with E-state index >= 15 is 0 Å². The number of rotatable bonds is 11. The van der Waals surface area contributed by atoms with Gasteiger partial charge in [0, 0.05) is 23.5 Å². The van der Waals surface area contributed by atoms with Crippen molar-refractivity contribution in [1.29, 1.82) is 0 Å². The molecular weight excluding hydrogens is 898 g/mol. The first-order chi connectivity index (χ1) is 26.3. The molecule has 6 aromatic rings. The predicted molar refractivity (Wildman–Crippen MR) is 190 cm³/mol. The summed E-state index contributed by atoms with van der Waals surface area (Å²) in [7, 11) is 0. The highest BCUT2D eigenvalue weighted by atomic mass is 79.9. The maximum Gasteiger partial charge on any atom is 0.573 e. The van der Waals surface area contributed by atoms with Crippen LogP contribution in [0.1, 0.15) is 12.1 Å². The Kier molecular flexibility index (Phi) is 10.6. The van der Waals surface area contributed by atoms with Crippen molar-refractivity contribution in [1.82, 2.24) is 19.1 Å². The van der Waals surface area contributed by atoms with Crippen LogP contribution in [0.25, 0.3) is 22.1 Å². The minimum atomic E-state index is -5.08. The van der Waals surface area contributed by atoms with Crippen molar-refractivity contribution in [3.8, 4) is 11.5 Å². The molecule has 0 saturated heterocycles. The van der Waals surface area contributed by atoms with Gasteiger partial charge in [-0.2, -0.15) is 0 Å². The van der Waals surface area contributed by atoms with Gasteiger partial charge in [-0.25, -0.2) is 9.97 Å². The fourth-order valence-electron chi connectivity index (χ4n) is 5.71. The highest BCUT2D eigenvalue weighted by molar-refractivity contribution is 9.11. The number of amides is 2. The Morgan fingerprint density at radius 2 is 1.04 bits per heavy atom. The van der Waals surface area contributed by atoms with E-state index in [9.17, 15) is 56.2 Å². The number of nitro groups is 2. The van der Waals surface area contributed by atoms with Crippen LogP contribution in [0.4, 0.5) is 49.1 Å². The molecule has 2 atom stereocenters. The molecule has 24 heteroatoms. The van der Waals surface area contributed by atoms with Crippen LogP contribution in [0.5, 0.6) is 11.5 Å². The predicted octanol–water partition coefficient (Wildman–Crippen LogP) is 8.58. The number of benzene rings is 4. The zero-order valence-corrected chi connectivity index (χ0v) is 30.4. The number of para-hydroxylation sites is 2. The van der Waals surface area contributed by atoms with E-state index in [1.807, 2.05) is 0 Å². The average Bonchev–Trinajstić information content (AvgIpc) is 3.73. The van der Waals surface area contributed by atoms with E-state index in [0.29, 0.717) is 0 Å². The minimum Gasteiger partial charge on any atom is -0.405 e. The molecule has 290 valence electrons. The molecule has 0 spiro atoms. The summed E-state index contributed by atoms with van der Waals surface area (Å²) >= 11 is 5.88. The van der Waals surface area contributed by atoms with E-state index in [0.717, 1.165) is 70.3 Å². The number of imidazole rings is 2. The largest absolute Gasteiger partial charge is 0.573 e. The Balaban J connectivity index is 1.56. The van der Waals surface area contributed by atoms with Gasteiger partial charge in [-0.1, -0.05) is 12.1 Å². The molecule has 56 heavy (non-hydrogen) atoms. The highest BCUT2D eigenvalue weighted by Crippen LogP contribution is 2.39. The number of nitrogens with one attached hydrogen (secondary N) is 2. The normalized spacial score (nSPS) is 12.9. The van der Waals surface area contributed by atoms with E-state index in [-0.39, 0.29) is 42.4 Å². The summed E-state index contributed by atoms with van der Waals surface area (Å²) in [5.74, 6) is -3.69. The lowest BCUT2D eigenvalue weighted by atomic mass is 10.0. The highest BCUT2D eigenvalue weighted by Gasteiger charge is 2.41. The Labute approximate surface area is 323 Å². The van der Waals surface area contributed by atoms with Gasteiger partial charge in [0.2, 0.25) is 11.8 Å². The average molecular weight is 916 g/mol. The lowest BCUT2D eigenvalue weighted by molar-refractivity contribution is -0.383. The van der Waals surface area contributed by atoms with Crippen LogP contribution in [-0.2, 0) is 9.59 Å². The van der Waals surface area contributed by atoms with Gasteiger partial charge in [0.25, 0.3) is 11.4 Å². The molecule has 0 aliphatic rings. The summed E-state index contributed by atoms with van der Waals surface area (Å²) in [4.78, 5) is 60.5. The number of ether oxygens (including phenoxy) is 2. The molecule has 0 aliphatic heterocycles. The van der Waals surface area contributed by atoms with Crippen LogP contribution in [0.15, 0.2) is 94.4 Å². The number of non-ortho nitro benzene ring substituents is 2. The zero-order chi connectivity index (χ0) is 40.7. The second-order valence-electron chi connectivity index (χ2n) is 11.4. The molecule has 2 N–H and O–H groups in total. The number of carbonyl (C=O) groups excluding carboxylic acids is 2. The monoisotopic (exact) mass is 914 g/mol. The van der Waals surface area contributed by atoms with Crippen molar-refractivity contribution >= 4 is 88.5 Å². The van der Waals surface area contributed by atoms with E-state index in [2.05, 4.69) is 61.9 Å². The lowest BCUT2D eigenvalue weighted by Gasteiger charge is -2.28. The first kappa shape index (κ1) is 39.4. The Hall–Kier alpha value is -6.30. The number of aromatic nitrogens is 4. The molecule has 0 saturated carbocycles. The molecule has 0 bridgehead atoms. The number of nitro benzene ring substituents is 2. The SMILES string of the molecule is O=C(Nc1ccc(OC(F)(F)F)c(Br)c1)C(C(C(=O)Nc1ccc(OC(F)(F)F)c(Br)c1)n1cnc2cccc([N+](=O)[O-])c21)n1cnc2cccc([N+](=O)[O-])c21. The lowest BCUT2D eigenvalue weighted by Crippen LogP contribution is -2.39. The van der Waals surface area contributed by atoms with Crippen molar-refractivity contribution < 1.29 is 55.3 Å². The molecule has 16 nitrogen and oxygen atoms in total. The summed E-state index contributed by atoms with van der Waals surface area (Å²) < 4.78 is 87.0. The van der Waals surface area contributed by atoms with Gasteiger partial charge in [-0.15, -0.1) is 26.3 Å². The third kappa shape index (κ3) is 8.34. The summed E-state index contributed by atoms with van der Waals surface area (Å²) in [5, 5.41) is 29.4. The smallest absolute Gasteiger partial charge is 0.405 e. The van der Waals surface area contributed by atoms with E-state index in [1.165, 1.54) is 24.3 Å². The van der Waals surface area contributed by atoms with E-state index in [4.69, 9.17) is 0 Å². The maximum atomic E-state index is 14.6. The molecule has 2 aromatic heterocycles. The molecular formula is C32H18Br2F6N8O8. The van der Waals surface area contributed by atoms with Gasteiger partial charge >= 0.3 is 12.7 Å². The zero-order valence-electron chi connectivity index (χ0n) is 27.2. The Morgan fingerprint density at radius 3 is 1.36 bits per heavy atom. The number of anilines is 2. The second-order valence-corrected chi connectivity index (χ2v) is 13.1.